The molecular weight excluding hydrogens is 493 g/mol. The number of hydrogen-bond acceptors (Lipinski definition) is 8. The van der Waals surface area contributed by atoms with Gasteiger partial charge in [0.05, 0.1) is 41.8 Å². The molecule has 0 N–H and O–H groups in total. The van der Waals surface area contributed by atoms with Gasteiger partial charge in [-0.2, -0.15) is 5.10 Å². The monoisotopic (exact) mass is 525 g/mol. The van der Waals surface area contributed by atoms with Gasteiger partial charge in [-0.3, -0.25) is 28.7 Å². The summed E-state index contributed by atoms with van der Waals surface area (Å²) in [6.45, 7) is 7.03. The van der Waals surface area contributed by atoms with Crippen LogP contribution in [0.15, 0.2) is 43.0 Å². The molecule has 196 valence electrons. The number of rotatable bonds is 8. The summed E-state index contributed by atoms with van der Waals surface area (Å²) in [7, 11) is -3.49. The van der Waals surface area contributed by atoms with E-state index in [1.165, 1.54) is 11.1 Å². The van der Waals surface area contributed by atoms with E-state index in [2.05, 4.69) is 22.0 Å². The molecule has 3 aromatic heterocycles. The average Bonchev–Trinajstić information content (AvgIpc) is 3.38. The SMILES string of the molecule is CCOP(=O)(OCC)c1ccc(N2C[C@@]3(CCC[C@](C)(Cn4ncc5ccncc54)C3)C(=O)C2=O)nc1. The molecule has 1 aliphatic heterocycles. The highest BCUT2D eigenvalue weighted by molar-refractivity contribution is 7.62. The molecule has 2 atom stereocenters. The zero-order valence-electron chi connectivity index (χ0n) is 21.4. The van der Waals surface area contributed by atoms with Gasteiger partial charge in [-0.25, -0.2) is 4.98 Å². The van der Waals surface area contributed by atoms with Gasteiger partial charge in [-0.05, 0) is 56.7 Å². The number of pyridine rings is 2. The number of nitrogens with zero attached hydrogens (tertiary/aromatic N) is 5. The van der Waals surface area contributed by atoms with Crippen molar-refractivity contribution >= 4 is 41.3 Å². The summed E-state index contributed by atoms with van der Waals surface area (Å²) >= 11 is 0. The van der Waals surface area contributed by atoms with Crippen molar-refractivity contribution in [1.29, 1.82) is 0 Å². The fourth-order valence-corrected chi connectivity index (χ4v) is 7.43. The summed E-state index contributed by atoms with van der Waals surface area (Å²) in [5.41, 5.74) is -0.0189. The molecule has 1 aliphatic carbocycles. The lowest BCUT2D eigenvalue weighted by atomic mass is 9.62. The maximum atomic E-state index is 13.4. The van der Waals surface area contributed by atoms with Crippen molar-refractivity contribution in [2.24, 2.45) is 10.8 Å². The first kappa shape index (κ1) is 25.7. The first-order chi connectivity index (χ1) is 17.7. The molecular formula is C26H32N5O5P. The molecule has 5 rings (SSSR count). The Bertz CT molecular complexity index is 1370. The van der Waals surface area contributed by atoms with Crippen molar-refractivity contribution in [2.75, 3.05) is 24.7 Å². The predicted octanol–water partition coefficient (Wildman–Crippen LogP) is 3.90. The third kappa shape index (κ3) is 4.62. The molecule has 2 fully saturated rings. The third-order valence-electron chi connectivity index (χ3n) is 7.48. The van der Waals surface area contributed by atoms with Crippen LogP contribution in [0.4, 0.5) is 5.82 Å². The molecule has 1 saturated heterocycles. The highest BCUT2D eigenvalue weighted by Crippen LogP contribution is 2.51. The minimum absolute atomic E-state index is 0.210. The van der Waals surface area contributed by atoms with Crippen LogP contribution in [-0.2, 0) is 29.7 Å². The van der Waals surface area contributed by atoms with Crippen LogP contribution in [0.2, 0.25) is 0 Å². The van der Waals surface area contributed by atoms with Crippen LogP contribution in [0.25, 0.3) is 10.9 Å². The van der Waals surface area contributed by atoms with Gasteiger partial charge in [0.2, 0.25) is 5.78 Å². The number of anilines is 1. The molecule has 3 aromatic rings. The zero-order valence-corrected chi connectivity index (χ0v) is 22.3. The second-order valence-electron chi connectivity index (χ2n) is 10.3. The lowest BCUT2D eigenvalue weighted by Crippen LogP contribution is -2.42. The third-order valence-corrected chi connectivity index (χ3v) is 9.58. The largest absolute Gasteiger partial charge is 0.362 e. The quantitative estimate of drug-likeness (QED) is 0.321. The van der Waals surface area contributed by atoms with Crippen molar-refractivity contribution < 1.29 is 23.2 Å². The van der Waals surface area contributed by atoms with Crippen LogP contribution >= 0.6 is 7.60 Å². The molecule has 4 heterocycles. The van der Waals surface area contributed by atoms with Crippen molar-refractivity contribution in [3.05, 3.63) is 43.0 Å². The van der Waals surface area contributed by atoms with Crippen molar-refractivity contribution in [2.45, 2.75) is 53.0 Å². The highest BCUT2D eigenvalue weighted by atomic mass is 31.2. The fraction of sp³-hybridized carbons (Fsp3) is 0.500. The molecule has 2 aliphatic rings. The van der Waals surface area contributed by atoms with Crippen molar-refractivity contribution in [3.63, 3.8) is 0 Å². The number of carbonyl (C=O) groups is 2. The number of hydrogen-bond donors (Lipinski definition) is 0. The molecule has 11 heteroatoms. The van der Waals surface area contributed by atoms with Crippen LogP contribution < -0.4 is 10.2 Å². The second-order valence-corrected chi connectivity index (χ2v) is 12.3. The number of Topliss-reactive ketones (excluding diaryl/α,β-unsaturated/α-hetero) is 1. The van der Waals surface area contributed by atoms with Crippen LogP contribution in [0.1, 0.15) is 46.5 Å². The van der Waals surface area contributed by atoms with E-state index in [0.29, 0.717) is 30.5 Å². The van der Waals surface area contributed by atoms with E-state index in [1.807, 2.05) is 23.1 Å². The first-order valence-electron chi connectivity index (χ1n) is 12.7. The molecule has 1 spiro atoms. The summed E-state index contributed by atoms with van der Waals surface area (Å²) in [5, 5.41) is 5.90. The molecule has 0 aromatic carbocycles. The van der Waals surface area contributed by atoms with Crippen molar-refractivity contribution in [1.82, 2.24) is 19.7 Å². The van der Waals surface area contributed by atoms with Gasteiger partial charge in [0.15, 0.2) is 0 Å². The Morgan fingerprint density at radius 1 is 1.05 bits per heavy atom. The summed E-state index contributed by atoms with van der Waals surface area (Å²) in [6, 6.07) is 5.13. The molecule has 1 amide bonds. The normalized spacial score (nSPS) is 24.5. The van der Waals surface area contributed by atoms with Crippen molar-refractivity contribution in [3.8, 4) is 0 Å². The lowest BCUT2D eigenvalue weighted by Gasteiger charge is -2.43. The van der Waals surface area contributed by atoms with Crippen LogP contribution in [-0.4, -0.2) is 51.2 Å². The Hall–Kier alpha value is -2.94. The van der Waals surface area contributed by atoms with E-state index in [-0.39, 0.29) is 31.0 Å². The summed E-state index contributed by atoms with van der Waals surface area (Å²) in [4.78, 5) is 36.7. The molecule has 10 nitrogen and oxygen atoms in total. The number of amides is 1. The zero-order chi connectivity index (χ0) is 26.3. The van der Waals surface area contributed by atoms with Gasteiger partial charge in [0.25, 0.3) is 5.91 Å². The van der Waals surface area contributed by atoms with Gasteiger partial charge in [0, 0.05) is 30.9 Å². The summed E-state index contributed by atoms with van der Waals surface area (Å²) in [5.74, 6) is -0.545. The maximum absolute atomic E-state index is 13.4. The van der Waals surface area contributed by atoms with E-state index in [1.54, 1.807) is 32.2 Å². The number of fused-ring (bicyclic) bond motifs is 1. The topological polar surface area (TPSA) is 117 Å². The van der Waals surface area contributed by atoms with Gasteiger partial charge >= 0.3 is 7.60 Å². The Morgan fingerprint density at radius 3 is 2.54 bits per heavy atom. The maximum Gasteiger partial charge on any atom is 0.362 e. The molecule has 1 saturated carbocycles. The molecule has 0 bridgehead atoms. The van der Waals surface area contributed by atoms with Gasteiger partial charge < -0.3 is 9.05 Å². The minimum Gasteiger partial charge on any atom is -0.305 e. The first-order valence-corrected chi connectivity index (χ1v) is 14.2. The number of ketones is 1. The Kier molecular flexibility index (Phi) is 6.77. The van der Waals surface area contributed by atoms with Crippen LogP contribution in [0.5, 0.6) is 0 Å². The van der Waals surface area contributed by atoms with Crippen LogP contribution in [0, 0.1) is 10.8 Å². The fourth-order valence-electron chi connectivity index (χ4n) is 5.92. The summed E-state index contributed by atoms with van der Waals surface area (Å²) < 4.78 is 25.8. The lowest BCUT2D eigenvalue weighted by molar-refractivity contribution is -0.140. The Labute approximate surface area is 215 Å². The van der Waals surface area contributed by atoms with Gasteiger partial charge in [0.1, 0.15) is 5.82 Å². The molecule has 37 heavy (non-hydrogen) atoms. The molecule has 0 radical (unpaired) electrons. The smallest absolute Gasteiger partial charge is 0.305 e. The van der Waals surface area contributed by atoms with E-state index in [0.717, 1.165) is 23.7 Å². The molecule has 0 unspecified atom stereocenters. The van der Waals surface area contributed by atoms with Gasteiger partial charge in [-0.15, -0.1) is 0 Å². The van der Waals surface area contributed by atoms with Gasteiger partial charge in [-0.1, -0.05) is 13.3 Å². The van der Waals surface area contributed by atoms with Crippen LogP contribution in [0.3, 0.4) is 0 Å². The summed E-state index contributed by atoms with van der Waals surface area (Å²) in [6.07, 6.45) is 9.83. The van der Waals surface area contributed by atoms with E-state index >= 15 is 0 Å². The average molecular weight is 526 g/mol. The van der Waals surface area contributed by atoms with E-state index in [4.69, 9.17) is 9.05 Å². The highest BCUT2D eigenvalue weighted by Gasteiger charge is 2.56. The number of aromatic nitrogens is 4. The predicted molar refractivity (Wildman–Crippen MR) is 139 cm³/mol. The van der Waals surface area contributed by atoms with E-state index in [9.17, 15) is 14.2 Å². The van der Waals surface area contributed by atoms with E-state index < -0.39 is 18.9 Å². The Balaban J connectivity index is 1.37. The standard InChI is InChI=1S/C26H32N5O5P/c1-4-35-37(34,36-5-2)20-7-8-22(28-14-20)30-18-26(23(32)24(30)33)11-6-10-25(3,16-26)17-31-21-15-27-12-9-19(21)13-29-31/h7-9,12-15H,4-6,10-11,16-18H2,1-3H3/t25-,26-/m0/s1. The Morgan fingerprint density at radius 2 is 1.84 bits per heavy atom. The second kappa shape index (κ2) is 9.74. The minimum atomic E-state index is -3.49. The number of carbonyl (C=O) groups excluding carboxylic acids is 2.